The van der Waals surface area contributed by atoms with Crippen molar-refractivity contribution in [2.24, 2.45) is 0 Å². The van der Waals surface area contributed by atoms with Crippen molar-refractivity contribution in [3.05, 3.63) is 36.1 Å². The maximum absolute atomic E-state index is 12.3. The number of carbonyl (C=O) groups is 1. The predicted octanol–water partition coefficient (Wildman–Crippen LogP) is 3.87. The number of para-hydroxylation sites is 1. The lowest BCUT2D eigenvalue weighted by atomic mass is 9.94. The zero-order valence-corrected chi connectivity index (χ0v) is 14.0. The average molecular weight is 314 g/mol. The molecule has 4 heteroatoms. The first-order valence-electron chi connectivity index (χ1n) is 8.61. The minimum absolute atomic E-state index is 0.0611. The van der Waals surface area contributed by atoms with Gasteiger partial charge in [-0.3, -0.25) is 9.69 Å². The van der Waals surface area contributed by atoms with E-state index in [2.05, 4.69) is 17.3 Å². The van der Waals surface area contributed by atoms with Crippen LogP contribution in [0.3, 0.4) is 0 Å². The van der Waals surface area contributed by atoms with Crippen molar-refractivity contribution < 1.29 is 9.21 Å². The first-order valence-corrected chi connectivity index (χ1v) is 8.61. The zero-order valence-electron chi connectivity index (χ0n) is 14.0. The van der Waals surface area contributed by atoms with Crippen LogP contribution in [0.5, 0.6) is 0 Å². The second-order valence-electron chi connectivity index (χ2n) is 6.68. The van der Waals surface area contributed by atoms with Crippen LogP contribution in [-0.4, -0.2) is 30.4 Å². The van der Waals surface area contributed by atoms with Crippen molar-refractivity contribution in [1.82, 2.24) is 10.2 Å². The largest absolute Gasteiger partial charge is 0.459 e. The highest BCUT2D eigenvalue weighted by Crippen LogP contribution is 2.24. The Morgan fingerprint density at radius 3 is 2.78 bits per heavy atom. The molecule has 0 bridgehead atoms. The third kappa shape index (κ3) is 3.94. The molecule has 0 radical (unpaired) electrons. The van der Waals surface area contributed by atoms with Gasteiger partial charge in [-0.25, -0.2) is 0 Å². The summed E-state index contributed by atoms with van der Waals surface area (Å²) in [5.41, 5.74) is 0.864. The molecule has 1 aliphatic carbocycles. The lowest BCUT2D eigenvalue weighted by Gasteiger charge is -2.30. The number of amides is 1. The molecule has 1 saturated carbocycles. The quantitative estimate of drug-likeness (QED) is 0.911. The number of nitrogens with one attached hydrogen (secondary N) is 1. The molecule has 2 aromatic rings. The smallest absolute Gasteiger partial charge is 0.234 e. The standard InChI is InChI=1S/C19H26N2O2/c1-14(18-12-15-8-6-7-11-17(15)23-18)20-19(22)13-21(2)16-9-4-3-5-10-16/h6-8,11-12,14,16H,3-5,9-10,13H2,1-2H3,(H,20,22). The van der Waals surface area contributed by atoms with Gasteiger partial charge in [-0.2, -0.15) is 0 Å². The summed E-state index contributed by atoms with van der Waals surface area (Å²) in [6.07, 6.45) is 6.32. The van der Waals surface area contributed by atoms with Gasteiger partial charge >= 0.3 is 0 Å². The van der Waals surface area contributed by atoms with Crippen molar-refractivity contribution in [2.75, 3.05) is 13.6 Å². The molecule has 23 heavy (non-hydrogen) atoms. The van der Waals surface area contributed by atoms with Crippen LogP contribution in [0.1, 0.15) is 50.8 Å². The Kier molecular flexibility index (Phi) is 5.01. The van der Waals surface area contributed by atoms with E-state index in [0.717, 1.165) is 16.7 Å². The average Bonchev–Trinajstić information content (AvgIpc) is 2.99. The van der Waals surface area contributed by atoms with Gasteiger partial charge in [0.2, 0.25) is 5.91 Å². The number of furan rings is 1. The van der Waals surface area contributed by atoms with Crippen LogP contribution < -0.4 is 5.32 Å². The van der Waals surface area contributed by atoms with Gasteiger partial charge in [-0.05, 0) is 38.9 Å². The number of rotatable bonds is 5. The minimum atomic E-state index is -0.116. The first kappa shape index (κ1) is 16.1. The van der Waals surface area contributed by atoms with Crippen LogP contribution in [0.25, 0.3) is 11.0 Å². The highest BCUT2D eigenvalue weighted by molar-refractivity contribution is 5.80. The fourth-order valence-electron chi connectivity index (χ4n) is 3.45. The Labute approximate surface area is 137 Å². The predicted molar refractivity (Wildman–Crippen MR) is 92.3 cm³/mol. The molecule has 1 atom stereocenters. The topological polar surface area (TPSA) is 45.5 Å². The van der Waals surface area contributed by atoms with E-state index in [4.69, 9.17) is 4.42 Å². The molecular formula is C19H26N2O2. The molecule has 4 nitrogen and oxygen atoms in total. The Balaban J connectivity index is 1.56. The summed E-state index contributed by atoms with van der Waals surface area (Å²) in [5.74, 6) is 0.867. The van der Waals surface area contributed by atoms with Gasteiger partial charge < -0.3 is 9.73 Å². The van der Waals surface area contributed by atoms with Gasteiger partial charge in [0.1, 0.15) is 11.3 Å². The molecule has 0 aliphatic heterocycles. The Bertz CT molecular complexity index is 625. The number of benzene rings is 1. The van der Waals surface area contributed by atoms with Crippen molar-refractivity contribution in [1.29, 1.82) is 0 Å². The van der Waals surface area contributed by atoms with Crippen LogP contribution in [0, 0.1) is 0 Å². The van der Waals surface area contributed by atoms with Crippen molar-refractivity contribution in [3.63, 3.8) is 0 Å². The molecule has 1 aromatic carbocycles. The maximum Gasteiger partial charge on any atom is 0.234 e. The summed E-state index contributed by atoms with van der Waals surface area (Å²) in [7, 11) is 2.06. The molecule has 3 rings (SSSR count). The van der Waals surface area contributed by atoms with Gasteiger partial charge in [0, 0.05) is 11.4 Å². The lowest BCUT2D eigenvalue weighted by Crippen LogP contribution is -2.42. The summed E-state index contributed by atoms with van der Waals surface area (Å²) < 4.78 is 5.82. The van der Waals surface area contributed by atoms with E-state index >= 15 is 0 Å². The normalized spacial score (nSPS) is 17.5. The van der Waals surface area contributed by atoms with E-state index in [-0.39, 0.29) is 11.9 Å². The van der Waals surface area contributed by atoms with Crippen molar-refractivity contribution in [3.8, 4) is 0 Å². The molecule has 1 aliphatic rings. The van der Waals surface area contributed by atoms with E-state index in [1.807, 2.05) is 37.3 Å². The molecule has 1 heterocycles. The number of likely N-dealkylation sites (N-methyl/N-ethyl adjacent to an activating group) is 1. The van der Waals surface area contributed by atoms with Crippen molar-refractivity contribution >= 4 is 16.9 Å². The molecule has 0 saturated heterocycles. The number of nitrogens with zero attached hydrogens (tertiary/aromatic N) is 1. The Morgan fingerprint density at radius 2 is 2.04 bits per heavy atom. The van der Waals surface area contributed by atoms with E-state index in [1.165, 1.54) is 32.1 Å². The molecule has 1 unspecified atom stereocenters. The Morgan fingerprint density at radius 1 is 1.30 bits per heavy atom. The number of hydrogen-bond donors (Lipinski definition) is 1. The van der Waals surface area contributed by atoms with Gasteiger partial charge in [-0.1, -0.05) is 37.5 Å². The van der Waals surface area contributed by atoms with Crippen LogP contribution in [0.15, 0.2) is 34.7 Å². The summed E-state index contributed by atoms with van der Waals surface area (Å²) in [4.78, 5) is 14.5. The molecule has 1 fully saturated rings. The highest BCUT2D eigenvalue weighted by atomic mass is 16.3. The summed E-state index contributed by atoms with van der Waals surface area (Å²) in [5, 5.41) is 4.12. The van der Waals surface area contributed by atoms with Crippen LogP contribution in [0.4, 0.5) is 0 Å². The van der Waals surface area contributed by atoms with E-state index in [1.54, 1.807) is 0 Å². The lowest BCUT2D eigenvalue weighted by molar-refractivity contribution is -0.123. The van der Waals surface area contributed by atoms with Crippen LogP contribution in [-0.2, 0) is 4.79 Å². The molecule has 124 valence electrons. The molecule has 0 spiro atoms. The second-order valence-corrected chi connectivity index (χ2v) is 6.68. The molecule has 1 amide bonds. The number of fused-ring (bicyclic) bond motifs is 1. The Hall–Kier alpha value is -1.81. The van der Waals surface area contributed by atoms with Gasteiger partial charge in [0.25, 0.3) is 0 Å². The van der Waals surface area contributed by atoms with E-state index in [9.17, 15) is 4.79 Å². The van der Waals surface area contributed by atoms with E-state index in [0.29, 0.717) is 12.6 Å². The fourth-order valence-corrected chi connectivity index (χ4v) is 3.45. The summed E-state index contributed by atoms with van der Waals surface area (Å²) in [6, 6.07) is 10.4. The second kappa shape index (κ2) is 7.18. The molecule has 1 aromatic heterocycles. The first-order chi connectivity index (χ1) is 11.1. The molecule has 1 N–H and O–H groups in total. The third-order valence-electron chi connectivity index (χ3n) is 4.84. The third-order valence-corrected chi connectivity index (χ3v) is 4.84. The minimum Gasteiger partial charge on any atom is -0.459 e. The zero-order chi connectivity index (χ0) is 16.2. The number of carbonyl (C=O) groups excluding carboxylic acids is 1. The van der Waals surface area contributed by atoms with Gasteiger partial charge in [0.15, 0.2) is 0 Å². The summed E-state index contributed by atoms with van der Waals surface area (Å²) >= 11 is 0. The highest BCUT2D eigenvalue weighted by Gasteiger charge is 2.21. The maximum atomic E-state index is 12.3. The molecular weight excluding hydrogens is 288 g/mol. The number of hydrogen-bond acceptors (Lipinski definition) is 3. The summed E-state index contributed by atoms with van der Waals surface area (Å²) in [6.45, 7) is 2.42. The monoisotopic (exact) mass is 314 g/mol. The SMILES string of the molecule is CC(NC(=O)CN(C)C1CCCCC1)c1cc2ccccc2o1. The fraction of sp³-hybridized carbons (Fsp3) is 0.526. The van der Waals surface area contributed by atoms with Gasteiger partial charge in [0.05, 0.1) is 12.6 Å². The van der Waals surface area contributed by atoms with Crippen LogP contribution in [0.2, 0.25) is 0 Å². The van der Waals surface area contributed by atoms with Crippen LogP contribution >= 0.6 is 0 Å². The van der Waals surface area contributed by atoms with Gasteiger partial charge in [-0.15, -0.1) is 0 Å². The van der Waals surface area contributed by atoms with E-state index < -0.39 is 0 Å². The van der Waals surface area contributed by atoms with Crippen molar-refractivity contribution in [2.45, 2.75) is 51.1 Å².